The van der Waals surface area contributed by atoms with E-state index in [9.17, 15) is 13.2 Å². The second kappa shape index (κ2) is 5.46. The first kappa shape index (κ1) is 14.3. The third kappa shape index (κ3) is 3.44. The highest BCUT2D eigenvalue weighted by atomic mass is 19.4. The van der Waals surface area contributed by atoms with Crippen LogP contribution in [0.1, 0.15) is 25.5 Å². The molecule has 0 unspecified atom stereocenters. The molecule has 1 aliphatic rings. The molecule has 8 heteroatoms. The van der Waals surface area contributed by atoms with E-state index in [0.29, 0.717) is 31.5 Å². The van der Waals surface area contributed by atoms with E-state index in [0.717, 1.165) is 13.1 Å². The third-order valence-corrected chi connectivity index (χ3v) is 3.07. The SMILES string of the molecule is CC(C)NCCN1CCn2c(nnc2C(F)(F)F)C1. The number of rotatable bonds is 4. The average molecular weight is 277 g/mol. The van der Waals surface area contributed by atoms with Crippen LogP contribution in [0.2, 0.25) is 0 Å². The molecule has 108 valence electrons. The maximum absolute atomic E-state index is 12.7. The molecule has 0 aliphatic carbocycles. The van der Waals surface area contributed by atoms with Gasteiger partial charge in [-0.15, -0.1) is 10.2 Å². The Morgan fingerprint density at radius 2 is 2.00 bits per heavy atom. The van der Waals surface area contributed by atoms with E-state index in [-0.39, 0.29) is 0 Å². The predicted octanol–water partition coefficient (Wildman–Crippen LogP) is 1.11. The number of halogens is 3. The van der Waals surface area contributed by atoms with E-state index >= 15 is 0 Å². The van der Waals surface area contributed by atoms with Crippen molar-refractivity contribution in [2.24, 2.45) is 0 Å². The summed E-state index contributed by atoms with van der Waals surface area (Å²) in [6.07, 6.45) is -4.42. The number of hydrogen-bond donors (Lipinski definition) is 1. The molecule has 0 bridgehead atoms. The summed E-state index contributed by atoms with van der Waals surface area (Å²) >= 11 is 0. The van der Waals surface area contributed by atoms with E-state index in [1.54, 1.807) is 0 Å². The van der Waals surface area contributed by atoms with Gasteiger partial charge in [0.15, 0.2) is 0 Å². The van der Waals surface area contributed by atoms with Crippen molar-refractivity contribution in [3.63, 3.8) is 0 Å². The molecule has 0 amide bonds. The van der Waals surface area contributed by atoms with Crippen molar-refractivity contribution in [3.8, 4) is 0 Å². The second-order valence-electron chi connectivity index (χ2n) is 4.97. The summed E-state index contributed by atoms with van der Waals surface area (Å²) in [6.45, 7) is 7.03. The molecule has 2 heterocycles. The van der Waals surface area contributed by atoms with Gasteiger partial charge < -0.3 is 9.88 Å². The van der Waals surface area contributed by atoms with Crippen LogP contribution in [0.4, 0.5) is 13.2 Å². The molecule has 1 N–H and O–H groups in total. The molecule has 1 aliphatic heterocycles. The lowest BCUT2D eigenvalue weighted by Crippen LogP contribution is -2.40. The second-order valence-corrected chi connectivity index (χ2v) is 4.97. The van der Waals surface area contributed by atoms with Gasteiger partial charge in [-0.1, -0.05) is 13.8 Å². The number of hydrogen-bond acceptors (Lipinski definition) is 4. The molecular weight excluding hydrogens is 259 g/mol. The van der Waals surface area contributed by atoms with Crippen molar-refractivity contribution < 1.29 is 13.2 Å². The summed E-state index contributed by atoms with van der Waals surface area (Å²) < 4.78 is 39.1. The minimum Gasteiger partial charge on any atom is -0.313 e. The van der Waals surface area contributed by atoms with Crippen LogP contribution in [0.15, 0.2) is 0 Å². The fourth-order valence-electron chi connectivity index (χ4n) is 2.12. The van der Waals surface area contributed by atoms with Gasteiger partial charge in [-0.05, 0) is 0 Å². The Morgan fingerprint density at radius 3 is 2.63 bits per heavy atom. The quantitative estimate of drug-likeness (QED) is 0.895. The maximum atomic E-state index is 12.7. The van der Waals surface area contributed by atoms with E-state index < -0.39 is 12.0 Å². The molecule has 0 fully saturated rings. The number of nitrogens with one attached hydrogen (secondary N) is 1. The first-order chi connectivity index (χ1) is 8.88. The Balaban J connectivity index is 1.96. The average Bonchev–Trinajstić information content (AvgIpc) is 2.71. The Hall–Kier alpha value is -1.15. The predicted molar refractivity (Wildman–Crippen MR) is 63.4 cm³/mol. The van der Waals surface area contributed by atoms with Crippen LogP contribution < -0.4 is 5.32 Å². The van der Waals surface area contributed by atoms with Gasteiger partial charge in [-0.25, -0.2) is 0 Å². The van der Waals surface area contributed by atoms with Crippen molar-refractivity contribution in [3.05, 3.63) is 11.6 Å². The lowest BCUT2D eigenvalue weighted by atomic mass is 10.3. The van der Waals surface area contributed by atoms with Gasteiger partial charge in [0.2, 0.25) is 5.82 Å². The molecule has 1 aromatic heterocycles. The van der Waals surface area contributed by atoms with Crippen LogP contribution in [-0.4, -0.2) is 45.3 Å². The number of fused-ring (bicyclic) bond motifs is 1. The third-order valence-electron chi connectivity index (χ3n) is 3.07. The summed E-state index contributed by atoms with van der Waals surface area (Å²) in [6, 6.07) is 0.408. The molecule has 0 saturated carbocycles. The molecule has 19 heavy (non-hydrogen) atoms. The zero-order valence-electron chi connectivity index (χ0n) is 11.0. The van der Waals surface area contributed by atoms with Crippen molar-refractivity contribution in [2.45, 2.75) is 39.2 Å². The molecule has 0 radical (unpaired) electrons. The Morgan fingerprint density at radius 1 is 1.26 bits per heavy atom. The standard InChI is InChI=1S/C11H18F3N5/c1-8(2)15-3-4-18-5-6-19-9(7-18)16-17-10(19)11(12,13)14/h8,15H,3-7H2,1-2H3. The van der Waals surface area contributed by atoms with E-state index in [1.807, 2.05) is 0 Å². The summed E-state index contributed by atoms with van der Waals surface area (Å²) in [5.41, 5.74) is 0. The lowest BCUT2D eigenvalue weighted by Gasteiger charge is -2.28. The molecule has 0 spiro atoms. The van der Waals surface area contributed by atoms with Crippen LogP contribution >= 0.6 is 0 Å². The van der Waals surface area contributed by atoms with Crippen molar-refractivity contribution in [1.82, 2.24) is 25.0 Å². The zero-order chi connectivity index (χ0) is 14.0. The molecule has 1 aromatic rings. The molecule has 0 aromatic carbocycles. The highest BCUT2D eigenvalue weighted by molar-refractivity contribution is 5.02. The molecule has 0 atom stereocenters. The normalized spacial score (nSPS) is 16.9. The van der Waals surface area contributed by atoms with Gasteiger partial charge in [0, 0.05) is 32.2 Å². The number of alkyl halides is 3. The first-order valence-electron chi connectivity index (χ1n) is 6.33. The summed E-state index contributed by atoms with van der Waals surface area (Å²) in [5.74, 6) is -0.495. The fraction of sp³-hybridized carbons (Fsp3) is 0.818. The first-order valence-corrected chi connectivity index (χ1v) is 6.33. The van der Waals surface area contributed by atoms with E-state index in [2.05, 4.69) is 34.3 Å². The van der Waals surface area contributed by atoms with Crippen molar-refractivity contribution in [2.75, 3.05) is 19.6 Å². The Labute approximate surface area is 109 Å². The van der Waals surface area contributed by atoms with Gasteiger partial charge >= 0.3 is 6.18 Å². The smallest absolute Gasteiger partial charge is 0.313 e. The zero-order valence-corrected chi connectivity index (χ0v) is 11.0. The highest BCUT2D eigenvalue weighted by Crippen LogP contribution is 2.29. The van der Waals surface area contributed by atoms with Crippen LogP contribution in [0.25, 0.3) is 0 Å². The fourth-order valence-corrected chi connectivity index (χ4v) is 2.12. The summed E-state index contributed by atoms with van der Waals surface area (Å²) in [5, 5.41) is 10.2. The van der Waals surface area contributed by atoms with E-state index in [4.69, 9.17) is 0 Å². The van der Waals surface area contributed by atoms with Gasteiger partial charge in [-0.2, -0.15) is 13.2 Å². The van der Waals surface area contributed by atoms with Gasteiger partial charge in [-0.3, -0.25) is 4.90 Å². The van der Waals surface area contributed by atoms with Crippen LogP contribution in [0.5, 0.6) is 0 Å². The summed E-state index contributed by atoms with van der Waals surface area (Å²) in [7, 11) is 0. The minimum atomic E-state index is -4.42. The van der Waals surface area contributed by atoms with Gasteiger partial charge in [0.05, 0.1) is 6.54 Å². The lowest BCUT2D eigenvalue weighted by molar-refractivity contribution is -0.148. The van der Waals surface area contributed by atoms with Crippen LogP contribution in [-0.2, 0) is 19.3 Å². The van der Waals surface area contributed by atoms with Crippen molar-refractivity contribution in [1.29, 1.82) is 0 Å². The van der Waals surface area contributed by atoms with Crippen LogP contribution in [0.3, 0.4) is 0 Å². The van der Waals surface area contributed by atoms with Crippen molar-refractivity contribution >= 4 is 0 Å². The number of nitrogens with zero attached hydrogens (tertiary/aromatic N) is 4. The Kier molecular flexibility index (Phi) is 4.10. The molecule has 5 nitrogen and oxygen atoms in total. The van der Waals surface area contributed by atoms with E-state index in [1.165, 1.54) is 4.57 Å². The van der Waals surface area contributed by atoms with Gasteiger partial charge in [0.25, 0.3) is 0 Å². The minimum absolute atomic E-state index is 0.291. The summed E-state index contributed by atoms with van der Waals surface area (Å²) in [4.78, 5) is 2.08. The van der Waals surface area contributed by atoms with Crippen LogP contribution in [0, 0.1) is 0 Å². The monoisotopic (exact) mass is 277 g/mol. The largest absolute Gasteiger partial charge is 0.451 e. The Bertz CT molecular complexity index is 426. The number of aromatic nitrogens is 3. The topological polar surface area (TPSA) is 46.0 Å². The maximum Gasteiger partial charge on any atom is 0.451 e. The highest BCUT2D eigenvalue weighted by Gasteiger charge is 2.39. The van der Waals surface area contributed by atoms with Gasteiger partial charge in [0.1, 0.15) is 5.82 Å². The molecule has 2 rings (SSSR count). The molecular formula is C11H18F3N5. The molecule has 0 saturated heterocycles.